The number of nitrogens with zero attached hydrogens (tertiary/aromatic N) is 4. The topological polar surface area (TPSA) is 85.8 Å². The molecule has 1 aliphatic heterocycles. The molecular formula is C18H21N5O2S. The van der Waals surface area contributed by atoms with Crippen molar-refractivity contribution in [1.29, 1.82) is 0 Å². The lowest BCUT2D eigenvalue weighted by Gasteiger charge is -2.24. The fourth-order valence-corrected chi connectivity index (χ4v) is 4.22. The van der Waals surface area contributed by atoms with Gasteiger partial charge in [0.15, 0.2) is 11.5 Å². The van der Waals surface area contributed by atoms with Crippen molar-refractivity contribution in [1.82, 2.24) is 19.5 Å². The van der Waals surface area contributed by atoms with Crippen molar-refractivity contribution in [2.24, 2.45) is 0 Å². The number of thiophene rings is 1. The molecule has 1 amide bonds. The van der Waals surface area contributed by atoms with Gasteiger partial charge in [-0.3, -0.25) is 4.79 Å². The van der Waals surface area contributed by atoms with Gasteiger partial charge < -0.3 is 15.4 Å². The van der Waals surface area contributed by atoms with E-state index in [-0.39, 0.29) is 11.9 Å². The minimum Gasteiger partial charge on any atom is -0.396 e. The van der Waals surface area contributed by atoms with Crippen LogP contribution in [0, 0.1) is 6.92 Å². The molecule has 26 heavy (non-hydrogen) atoms. The third-order valence-electron chi connectivity index (χ3n) is 4.67. The number of fused-ring (bicyclic) bond motifs is 1. The van der Waals surface area contributed by atoms with Gasteiger partial charge in [0.1, 0.15) is 0 Å². The maximum Gasteiger partial charge on any atom is 0.255 e. The molecule has 0 saturated carbocycles. The number of nitrogen functional groups attached to an aromatic ring is 1. The summed E-state index contributed by atoms with van der Waals surface area (Å²) in [6.07, 6.45) is 3.67. The average molecular weight is 371 g/mol. The Morgan fingerprint density at radius 2 is 2.31 bits per heavy atom. The third kappa shape index (κ3) is 2.95. The minimum absolute atomic E-state index is 0.0397. The number of ether oxygens (including phenoxy) is 1. The molecule has 1 saturated heterocycles. The Balaban J connectivity index is 1.69. The average Bonchev–Trinajstić information content (AvgIpc) is 3.33. The highest BCUT2D eigenvalue weighted by Crippen LogP contribution is 2.27. The Morgan fingerprint density at radius 3 is 3.04 bits per heavy atom. The van der Waals surface area contributed by atoms with Gasteiger partial charge in [0, 0.05) is 24.7 Å². The molecule has 1 atom stereocenters. The van der Waals surface area contributed by atoms with E-state index in [1.165, 1.54) is 4.88 Å². The number of carbonyl (C=O) groups excluding carboxylic acids is 1. The fraction of sp³-hybridized carbons (Fsp3) is 0.389. The number of rotatable bonds is 4. The van der Waals surface area contributed by atoms with Crippen LogP contribution in [0.4, 0.5) is 5.69 Å². The van der Waals surface area contributed by atoms with Crippen LogP contribution in [0.15, 0.2) is 24.4 Å². The normalized spacial score (nSPS) is 17.3. The first-order valence-electron chi connectivity index (χ1n) is 8.59. The summed E-state index contributed by atoms with van der Waals surface area (Å²) in [6, 6.07) is 5.84. The van der Waals surface area contributed by atoms with Gasteiger partial charge in [-0.25, -0.2) is 9.50 Å². The van der Waals surface area contributed by atoms with Gasteiger partial charge >= 0.3 is 0 Å². The molecule has 136 valence electrons. The SMILES string of the molecule is COCC1CCCN1C(=O)c1cc(N)c2nc(-c3ccc(C)s3)nn2c1. The third-order valence-corrected chi connectivity index (χ3v) is 5.66. The van der Waals surface area contributed by atoms with Crippen LogP contribution in [0.3, 0.4) is 0 Å². The number of methoxy groups -OCH3 is 1. The lowest BCUT2D eigenvalue weighted by molar-refractivity contribution is 0.0630. The Hall–Kier alpha value is -2.45. The number of aromatic nitrogens is 3. The van der Waals surface area contributed by atoms with Crippen LogP contribution in [0.1, 0.15) is 28.1 Å². The summed E-state index contributed by atoms with van der Waals surface area (Å²) < 4.78 is 6.85. The molecule has 2 N–H and O–H groups in total. The van der Waals surface area contributed by atoms with E-state index in [4.69, 9.17) is 10.5 Å². The summed E-state index contributed by atoms with van der Waals surface area (Å²) in [5.41, 5.74) is 7.71. The molecule has 0 aliphatic carbocycles. The maximum absolute atomic E-state index is 13.0. The molecule has 8 heteroatoms. The van der Waals surface area contributed by atoms with Gasteiger partial charge in [-0.15, -0.1) is 16.4 Å². The van der Waals surface area contributed by atoms with E-state index in [1.54, 1.807) is 35.2 Å². The van der Waals surface area contributed by atoms with Gasteiger partial charge in [-0.1, -0.05) is 0 Å². The zero-order valence-electron chi connectivity index (χ0n) is 14.8. The Kier molecular flexibility index (Phi) is 4.37. The van der Waals surface area contributed by atoms with E-state index in [1.807, 2.05) is 24.0 Å². The number of hydrogen-bond donors (Lipinski definition) is 1. The molecule has 0 radical (unpaired) electrons. The lowest BCUT2D eigenvalue weighted by Crippen LogP contribution is -2.38. The minimum atomic E-state index is -0.0397. The number of amides is 1. The monoisotopic (exact) mass is 371 g/mol. The first-order chi connectivity index (χ1) is 12.6. The van der Waals surface area contributed by atoms with Gasteiger partial charge in [0.25, 0.3) is 5.91 Å². The largest absolute Gasteiger partial charge is 0.396 e. The van der Waals surface area contributed by atoms with E-state index in [0.29, 0.717) is 29.3 Å². The summed E-state index contributed by atoms with van der Waals surface area (Å²) >= 11 is 1.63. The highest BCUT2D eigenvalue weighted by Gasteiger charge is 2.30. The smallest absolute Gasteiger partial charge is 0.255 e. The molecule has 0 bridgehead atoms. The highest BCUT2D eigenvalue weighted by atomic mass is 32.1. The summed E-state index contributed by atoms with van der Waals surface area (Å²) in [6.45, 7) is 3.33. The molecule has 0 aromatic carbocycles. The Bertz CT molecular complexity index is 964. The molecule has 4 heterocycles. The van der Waals surface area contributed by atoms with E-state index in [2.05, 4.69) is 10.1 Å². The molecule has 7 nitrogen and oxygen atoms in total. The van der Waals surface area contributed by atoms with Crippen LogP contribution in [-0.2, 0) is 4.74 Å². The second-order valence-corrected chi connectivity index (χ2v) is 7.84. The van der Waals surface area contributed by atoms with Crippen LogP contribution >= 0.6 is 11.3 Å². The van der Waals surface area contributed by atoms with E-state index < -0.39 is 0 Å². The van der Waals surface area contributed by atoms with Crippen LogP contribution in [0.2, 0.25) is 0 Å². The molecule has 4 rings (SSSR count). The van der Waals surface area contributed by atoms with E-state index >= 15 is 0 Å². The summed E-state index contributed by atoms with van der Waals surface area (Å²) in [7, 11) is 1.66. The van der Waals surface area contributed by atoms with Crippen LogP contribution in [0.25, 0.3) is 16.3 Å². The number of aryl methyl sites for hydroxylation is 1. The second-order valence-electron chi connectivity index (χ2n) is 6.55. The number of hydrogen-bond acceptors (Lipinski definition) is 6. The van der Waals surface area contributed by atoms with E-state index in [9.17, 15) is 4.79 Å². The van der Waals surface area contributed by atoms with Crippen LogP contribution < -0.4 is 5.73 Å². The van der Waals surface area contributed by atoms with Crippen molar-refractivity contribution in [3.63, 3.8) is 0 Å². The second kappa shape index (κ2) is 6.69. The van der Waals surface area contributed by atoms with Gasteiger partial charge in [0.2, 0.25) is 0 Å². The lowest BCUT2D eigenvalue weighted by atomic mass is 10.2. The van der Waals surface area contributed by atoms with Crippen molar-refractivity contribution in [2.75, 3.05) is 26.0 Å². The summed E-state index contributed by atoms with van der Waals surface area (Å²) in [5, 5.41) is 4.52. The zero-order chi connectivity index (χ0) is 18.3. The molecule has 1 unspecified atom stereocenters. The number of anilines is 1. The Labute approximate surface area is 155 Å². The quantitative estimate of drug-likeness (QED) is 0.762. The molecule has 0 spiro atoms. The Morgan fingerprint density at radius 1 is 1.46 bits per heavy atom. The number of nitrogens with two attached hydrogens (primary N) is 1. The van der Waals surface area contributed by atoms with Crippen LogP contribution in [0.5, 0.6) is 0 Å². The zero-order valence-corrected chi connectivity index (χ0v) is 15.6. The first-order valence-corrected chi connectivity index (χ1v) is 9.41. The van der Waals surface area contributed by atoms with Crippen molar-refractivity contribution in [3.8, 4) is 10.7 Å². The summed E-state index contributed by atoms with van der Waals surface area (Å²) in [5.74, 6) is 0.583. The van der Waals surface area contributed by atoms with Gasteiger partial charge in [-0.05, 0) is 38.0 Å². The highest BCUT2D eigenvalue weighted by molar-refractivity contribution is 7.15. The molecule has 1 aliphatic rings. The van der Waals surface area contributed by atoms with E-state index in [0.717, 1.165) is 24.3 Å². The van der Waals surface area contributed by atoms with Gasteiger partial charge in [-0.2, -0.15) is 0 Å². The number of carbonyl (C=O) groups is 1. The summed E-state index contributed by atoms with van der Waals surface area (Å²) in [4.78, 5) is 21.5. The first kappa shape index (κ1) is 17.0. The van der Waals surface area contributed by atoms with Crippen LogP contribution in [-0.4, -0.2) is 51.7 Å². The molecule has 3 aromatic heterocycles. The van der Waals surface area contributed by atoms with Gasteiger partial charge in [0.05, 0.1) is 28.8 Å². The fourth-order valence-electron chi connectivity index (χ4n) is 3.42. The van der Waals surface area contributed by atoms with Crippen molar-refractivity contribution in [2.45, 2.75) is 25.8 Å². The molecule has 3 aromatic rings. The molecule has 1 fully saturated rings. The number of pyridine rings is 1. The van der Waals surface area contributed by atoms with Crippen molar-refractivity contribution < 1.29 is 9.53 Å². The maximum atomic E-state index is 13.0. The predicted octanol–water partition coefficient (Wildman–Crippen LogP) is 2.60. The standard InChI is InChI=1S/C18H21N5O2S/c1-11-5-6-15(26-11)16-20-17-14(19)8-12(9-23(17)21-16)18(24)22-7-3-4-13(22)10-25-2/h5-6,8-9,13H,3-4,7,10,19H2,1-2H3. The van der Waals surface area contributed by atoms with Crippen molar-refractivity contribution in [3.05, 3.63) is 34.8 Å². The number of likely N-dealkylation sites (tertiary alicyclic amines) is 1. The predicted molar refractivity (Wildman–Crippen MR) is 101 cm³/mol. The molecular weight excluding hydrogens is 350 g/mol. The van der Waals surface area contributed by atoms with Crippen molar-refractivity contribution >= 4 is 28.6 Å².